The smallest absolute Gasteiger partial charge is 0.238 e. The summed E-state index contributed by atoms with van der Waals surface area (Å²) in [6.07, 6.45) is 1.90. The average molecular weight is 691 g/mol. The predicted molar refractivity (Wildman–Crippen MR) is 220 cm³/mol. The lowest BCUT2D eigenvalue weighted by Crippen LogP contribution is -2.07. The summed E-state index contributed by atoms with van der Waals surface area (Å²) in [5.74, 6) is 1.76. The molecule has 4 heterocycles. The topological polar surface area (TPSA) is 61.4 Å². The van der Waals surface area contributed by atoms with E-state index in [0.717, 1.165) is 82.5 Å². The van der Waals surface area contributed by atoms with Gasteiger partial charge in [0, 0.05) is 49.9 Å². The molecule has 6 heteroatoms. The number of pyridine rings is 1. The second-order valence-corrected chi connectivity index (χ2v) is 13.5. The highest BCUT2D eigenvalue weighted by Crippen LogP contribution is 2.46. The van der Waals surface area contributed by atoms with Crippen LogP contribution in [0, 0.1) is 0 Å². The van der Waals surface area contributed by atoms with Crippen LogP contribution in [0.3, 0.4) is 0 Å². The van der Waals surface area contributed by atoms with Crippen molar-refractivity contribution in [2.75, 3.05) is 0 Å². The Balaban J connectivity index is 1.30. The molecule has 0 aliphatic heterocycles. The molecule has 4 aromatic heterocycles. The van der Waals surface area contributed by atoms with Crippen LogP contribution >= 0.6 is 0 Å². The minimum absolute atomic E-state index is 0.548. The molecule has 0 N–H and O–H groups in total. The van der Waals surface area contributed by atoms with Gasteiger partial charge in [0.05, 0.1) is 27.6 Å². The summed E-state index contributed by atoms with van der Waals surface area (Å²) in [4.78, 5) is 20.8. The van der Waals surface area contributed by atoms with Crippen LogP contribution in [-0.4, -0.2) is 29.1 Å². The highest BCUT2D eigenvalue weighted by atomic mass is 15.2. The molecule has 0 aliphatic carbocycles. The number of hydrogen-bond donors (Lipinski definition) is 0. The van der Waals surface area contributed by atoms with Crippen molar-refractivity contribution in [3.63, 3.8) is 0 Å². The van der Waals surface area contributed by atoms with Gasteiger partial charge in [-0.3, -0.25) is 9.55 Å². The van der Waals surface area contributed by atoms with E-state index in [4.69, 9.17) is 19.9 Å². The summed E-state index contributed by atoms with van der Waals surface area (Å²) in [7, 11) is 0. The maximum Gasteiger partial charge on any atom is 0.238 e. The van der Waals surface area contributed by atoms with Crippen molar-refractivity contribution in [2.45, 2.75) is 0 Å². The molecular weight excluding hydrogens is 661 g/mol. The lowest BCUT2D eigenvalue weighted by molar-refractivity contribution is 0.953. The standard InChI is InChI=1S/C48H30N6/c1-4-15-31(16-5-1)32-26-28-34(29-27-32)47-50-46(33-17-6-2-7-18-33)51-48(52-47)54-40-25-13-10-21-36(40)41-38-23-14-30-49-43(38)42-37-22-11-12-24-39(37)53(45(42)44(41)54)35-19-8-3-9-20-35/h1-30H. The van der Waals surface area contributed by atoms with Crippen LogP contribution in [0.25, 0.3) is 100 Å². The molecule has 252 valence electrons. The van der Waals surface area contributed by atoms with E-state index in [0.29, 0.717) is 17.6 Å². The summed E-state index contributed by atoms with van der Waals surface area (Å²) < 4.78 is 4.62. The third kappa shape index (κ3) is 4.60. The van der Waals surface area contributed by atoms with Crippen molar-refractivity contribution in [1.82, 2.24) is 29.1 Å². The van der Waals surface area contributed by atoms with Gasteiger partial charge < -0.3 is 4.57 Å². The molecule has 7 aromatic carbocycles. The van der Waals surface area contributed by atoms with Crippen LogP contribution in [0.5, 0.6) is 0 Å². The number of nitrogens with zero attached hydrogens (tertiary/aromatic N) is 6. The van der Waals surface area contributed by atoms with Gasteiger partial charge >= 0.3 is 0 Å². The van der Waals surface area contributed by atoms with Gasteiger partial charge in [0.25, 0.3) is 0 Å². The lowest BCUT2D eigenvalue weighted by atomic mass is 10.0. The highest BCUT2D eigenvalue weighted by molar-refractivity contribution is 6.35. The fourth-order valence-corrected chi connectivity index (χ4v) is 8.05. The molecule has 0 amide bonds. The summed E-state index contributed by atoms with van der Waals surface area (Å²) in [5.41, 5.74) is 10.3. The fourth-order valence-electron chi connectivity index (χ4n) is 8.05. The molecule has 0 saturated heterocycles. The lowest BCUT2D eigenvalue weighted by Gasteiger charge is -2.14. The van der Waals surface area contributed by atoms with Crippen LogP contribution in [0.4, 0.5) is 0 Å². The SMILES string of the molecule is c1ccc(-c2ccc(-c3nc(-c4ccccc4)nc(-n4c5ccccc5c5c6cccnc6c6c7ccccc7n(-c7ccccc7)c6c54)n3)cc2)cc1. The van der Waals surface area contributed by atoms with Gasteiger partial charge in [-0.1, -0.05) is 146 Å². The molecule has 0 saturated carbocycles. The largest absolute Gasteiger partial charge is 0.307 e. The molecule has 0 unspecified atom stereocenters. The maximum atomic E-state index is 5.33. The number of aromatic nitrogens is 6. The molecule has 11 aromatic rings. The van der Waals surface area contributed by atoms with E-state index in [1.807, 2.05) is 36.5 Å². The van der Waals surface area contributed by atoms with Crippen LogP contribution in [0.2, 0.25) is 0 Å². The van der Waals surface area contributed by atoms with Gasteiger partial charge in [-0.2, -0.15) is 9.97 Å². The minimum Gasteiger partial charge on any atom is -0.307 e. The zero-order valence-electron chi connectivity index (χ0n) is 29.0. The quantitative estimate of drug-likeness (QED) is 0.180. The van der Waals surface area contributed by atoms with Crippen molar-refractivity contribution in [3.05, 3.63) is 182 Å². The molecule has 54 heavy (non-hydrogen) atoms. The Kier molecular flexibility index (Phi) is 6.75. The van der Waals surface area contributed by atoms with E-state index in [9.17, 15) is 0 Å². The molecule has 0 atom stereocenters. The number of hydrogen-bond acceptors (Lipinski definition) is 4. The van der Waals surface area contributed by atoms with Crippen molar-refractivity contribution in [1.29, 1.82) is 0 Å². The third-order valence-corrected chi connectivity index (χ3v) is 10.4. The van der Waals surface area contributed by atoms with Crippen LogP contribution in [0.15, 0.2) is 182 Å². The second-order valence-electron chi connectivity index (χ2n) is 13.5. The monoisotopic (exact) mass is 690 g/mol. The van der Waals surface area contributed by atoms with E-state index >= 15 is 0 Å². The summed E-state index contributed by atoms with van der Waals surface area (Å²) in [6.45, 7) is 0. The average Bonchev–Trinajstić information content (AvgIpc) is 3.79. The Morgan fingerprint density at radius 2 is 0.833 bits per heavy atom. The first-order valence-corrected chi connectivity index (χ1v) is 18.1. The Hall–Kier alpha value is -7.44. The number of fused-ring (bicyclic) bond motifs is 10. The molecule has 0 fully saturated rings. The first-order valence-electron chi connectivity index (χ1n) is 18.1. The van der Waals surface area contributed by atoms with Gasteiger partial charge in [0.15, 0.2) is 11.6 Å². The van der Waals surface area contributed by atoms with E-state index < -0.39 is 0 Å². The fraction of sp³-hybridized carbons (Fsp3) is 0. The second kappa shape index (κ2) is 12.1. The van der Waals surface area contributed by atoms with Crippen molar-refractivity contribution >= 4 is 54.5 Å². The van der Waals surface area contributed by atoms with Gasteiger partial charge in [-0.15, -0.1) is 0 Å². The summed E-state index contributed by atoms with van der Waals surface area (Å²) >= 11 is 0. The van der Waals surface area contributed by atoms with Crippen LogP contribution in [-0.2, 0) is 0 Å². The van der Waals surface area contributed by atoms with Crippen molar-refractivity contribution < 1.29 is 0 Å². The van der Waals surface area contributed by atoms with E-state index in [-0.39, 0.29) is 0 Å². The summed E-state index contributed by atoms with van der Waals surface area (Å²) in [6, 6.07) is 61.0. The molecule has 0 radical (unpaired) electrons. The predicted octanol–water partition coefficient (Wildman–Crippen LogP) is 11.6. The zero-order chi connectivity index (χ0) is 35.6. The minimum atomic E-state index is 0.548. The Morgan fingerprint density at radius 1 is 0.352 bits per heavy atom. The number of rotatable bonds is 5. The van der Waals surface area contributed by atoms with Gasteiger partial charge in [-0.25, -0.2) is 4.98 Å². The van der Waals surface area contributed by atoms with Gasteiger partial charge in [0.2, 0.25) is 5.95 Å². The van der Waals surface area contributed by atoms with E-state index in [2.05, 4.69) is 155 Å². The van der Waals surface area contributed by atoms with E-state index in [1.165, 1.54) is 0 Å². The van der Waals surface area contributed by atoms with Crippen molar-refractivity contribution in [2.24, 2.45) is 0 Å². The zero-order valence-corrected chi connectivity index (χ0v) is 29.0. The molecule has 0 bridgehead atoms. The van der Waals surface area contributed by atoms with E-state index in [1.54, 1.807) is 0 Å². The molecule has 0 aliphatic rings. The summed E-state index contributed by atoms with van der Waals surface area (Å²) in [5, 5.41) is 5.53. The highest BCUT2D eigenvalue weighted by Gasteiger charge is 2.26. The number of para-hydroxylation sites is 3. The Bertz CT molecular complexity index is 3180. The first-order chi connectivity index (χ1) is 26.8. The Labute approximate surface area is 310 Å². The molecule has 6 nitrogen and oxygen atoms in total. The first kappa shape index (κ1) is 30.2. The molecule has 0 spiro atoms. The molecular formula is C48H30N6. The van der Waals surface area contributed by atoms with Crippen LogP contribution in [0.1, 0.15) is 0 Å². The molecule has 11 rings (SSSR count). The van der Waals surface area contributed by atoms with Gasteiger partial charge in [0.1, 0.15) is 0 Å². The normalized spacial score (nSPS) is 11.7. The van der Waals surface area contributed by atoms with Gasteiger partial charge in [-0.05, 0) is 41.5 Å². The number of benzene rings is 7. The maximum absolute atomic E-state index is 5.33. The van der Waals surface area contributed by atoms with Crippen molar-refractivity contribution in [3.8, 4) is 45.5 Å². The third-order valence-electron chi connectivity index (χ3n) is 10.4. The Morgan fingerprint density at radius 3 is 1.52 bits per heavy atom. The van der Waals surface area contributed by atoms with Crippen LogP contribution < -0.4 is 0 Å².